The summed E-state index contributed by atoms with van der Waals surface area (Å²) in [4.78, 5) is 22.4. The van der Waals surface area contributed by atoms with E-state index in [-0.39, 0.29) is 29.7 Å². The molecule has 0 aromatic carbocycles. The molecule has 2 fully saturated rings. The van der Waals surface area contributed by atoms with Crippen LogP contribution in [-0.4, -0.2) is 17.9 Å². The molecule has 5 nitrogen and oxygen atoms in total. The number of rotatable bonds is 8. The zero-order valence-electron chi connectivity index (χ0n) is 14.9. The Kier molecular flexibility index (Phi) is 7.53. The van der Waals surface area contributed by atoms with Gasteiger partial charge in [-0.15, -0.1) is 0 Å². The molecule has 2 aliphatic rings. The molecule has 0 radical (unpaired) electrons. The van der Waals surface area contributed by atoms with Gasteiger partial charge in [0, 0.05) is 17.9 Å². The second kappa shape index (κ2) is 9.40. The summed E-state index contributed by atoms with van der Waals surface area (Å²) in [5, 5.41) is 0. The molecule has 0 bridgehead atoms. The molecule has 24 heavy (non-hydrogen) atoms. The van der Waals surface area contributed by atoms with Crippen LogP contribution in [0.1, 0.15) is 77.0 Å². The highest BCUT2D eigenvalue weighted by Crippen LogP contribution is 2.33. The Labute approximate surface area is 146 Å². The predicted molar refractivity (Wildman–Crippen MR) is 95.7 cm³/mol. The molecule has 2 amide bonds. The maximum absolute atomic E-state index is 11.2. The van der Waals surface area contributed by atoms with E-state index in [1.165, 1.54) is 12.8 Å². The topological polar surface area (TPSA) is 112 Å². The van der Waals surface area contributed by atoms with Gasteiger partial charge in [-0.1, -0.05) is 0 Å². The zero-order valence-corrected chi connectivity index (χ0v) is 14.9. The molecule has 0 spiro atoms. The minimum Gasteiger partial charge on any atom is -0.369 e. The van der Waals surface area contributed by atoms with Crippen LogP contribution in [0.4, 0.5) is 0 Å². The van der Waals surface area contributed by atoms with Crippen LogP contribution in [0.3, 0.4) is 0 Å². The Bertz CT molecular complexity index is 373. The van der Waals surface area contributed by atoms with Crippen molar-refractivity contribution in [1.29, 1.82) is 0 Å². The molecular weight excluding hydrogens is 302 g/mol. The van der Waals surface area contributed by atoms with E-state index in [9.17, 15) is 9.59 Å². The average Bonchev–Trinajstić information content (AvgIpc) is 2.58. The van der Waals surface area contributed by atoms with Crippen LogP contribution in [0.5, 0.6) is 0 Å². The molecular formula is C19H35N3O2. The van der Waals surface area contributed by atoms with Crippen molar-refractivity contribution in [3.63, 3.8) is 0 Å². The number of nitrogens with two attached hydrogens (primary N) is 3. The first kappa shape index (κ1) is 19.2. The Balaban J connectivity index is 1.55. The molecule has 0 aromatic rings. The van der Waals surface area contributed by atoms with E-state index < -0.39 is 0 Å². The molecule has 0 aromatic heterocycles. The summed E-state index contributed by atoms with van der Waals surface area (Å²) in [7, 11) is 0. The number of hydrogen-bond acceptors (Lipinski definition) is 3. The van der Waals surface area contributed by atoms with Crippen LogP contribution < -0.4 is 17.2 Å². The summed E-state index contributed by atoms with van der Waals surface area (Å²) in [6, 6.07) is 0.285. The molecule has 0 unspecified atom stereocenters. The summed E-state index contributed by atoms with van der Waals surface area (Å²) in [6.45, 7) is 0. The highest BCUT2D eigenvalue weighted by Gasteiger charge is 2.26. The van der Waals surface area contributed by atoms with Gasteiger partial charge in [-0.25, -0.2) is 0 Å². The summed E-state index contributed by atoms with van der Waals surface area (Å²) < 4.78 is 0. The van der Waals surface area contributed by atoms with E-state index in [1.54, 1.807) is 0 Å². The van der Waals surface area contributed by atoms with Crippen LogP contribution in [0, 0.1) is 23.7 Å². The van der Waals surface area contributed by atoms with Gasteiger partial charge in [0.1, 0.15) is 0 Å². The summed E-state index contributed by atoms with van der Waals surface area (Å²) in [6.07, 6.45) is 12.9. The van der Waals surface area contributed by atoms with E-state index in [2.05, 4.69) is 0 Å². The average molecular weight is 338 g/mol. The number of primary amides is 2. The lowest BCUT2D eigenvalue weighted by Crippen LogP contribution is -2.29. The third-order valence-electron chi connectivity index (χ3n) is 6.39. The van der Waals surface area contributed by atoms with Crippen LogP contribution in [0.25, 0.3) is 0 Å². The summed E-state index contributed by atoms with van der Waals surface area (Å²) in [5.41, 5.74) is 17.1. The van der Waals surface area contributed by atoms with Crippen molar-refractivity contribution in [3.8, 4) is 0 Å². The lowest BCUT2D eigenvalue weighted by atomic mass is 9.78. The maximum Gasteiger partial charge on any atom is 0.220 e. The van der Waals surface area contributed by atoms with Crippen molar-refractivity contribution in [1.82, 2.24) is 0 Å². The van der Waals surface area contributed by atoms with Gasteiger partial charge < -0.3 is 17.2 Å². The molecule has 0 saturated heterocycles. The minimum atomic E-state index is -0.129. The quantitative estimate of drug-likeness (QED) is 0.632. The third kappa shape index (κ3) is 6.08. The fourth-order valence-electron chi connectivity index (χ4n) is 4.52. The Morgan fingerprint density at radius 1 is 0.708 bits per heavy atom. The monoisotopic (exact) mass is 337 g/mol. The third-order valence-corrected chi connectivity index (χ3v) is 6.39. The molecule has 138 valence electrons. The van der Waals surface area contributed by atoms with Gasteiger partial charge in [0.2, 0.25) is 11.8 Å². The Morgan fingerprint density at radius 2 is 1.04 bits per heavy atom. The molecule has 2 aliphatic carbocycles. The summed E-state index contributed by atoms with van der Waals surface area (Å²) in [5.74, 6) is 1.39. The number of carbonyl (C=O) groups excluding carboxylic acids is 2. The predicted octanol–water partition coefficient (Wildman–Crippen LogP) is 2.46. The van der Waals surface area contributed by atoms with Crippen LogP contribution in [-0.2, 0) is 9.59 Å². The smallest absolute Gasteiger partial charge is 0.220 e. The van der Waals surface area contributed by atoms with Crippen molar-refractivity contribution in [2.75, 3.05) is 0 Å². The van der Waals surface area contributed by atoms with E-state index in [0.717, 1.165) is 76.0 Å². The van der Waals surface area contributed by atoms with E-state index in [1.807, 2.05) is 0 Å². The summed E-state index contributed by atoms with van der Waals surface area (Å²) >= 11 is 0. The van der Waals surface area contributed by atoms with Gasteiger partial charge in [-0.3, -0.25) is 9.59 Å². The van der Waals surface area contributed by atoms with Gasteiger partial charge in [-0.2, -0.15) is 0 Å². The van der Waals surface area contributed by atoms with Crippen LogP contribution >= 0.6 is 0 Å². The second-order valence-electron chi connectivity index (χ2n) is 8.15. The Morgan fingerprint density at radius 3 is 1.33 bits per heavy atom. The molecule has 0 heterocycles. The highest BCUT2D eigenvalue weighted by molar-refractivity contribution is 5.77. The van der Waals surface area contributed by atoms with E-state index in [0.29, 0.717) is 0 Å². The molecule has 2 rings (SSSR count). The zero-order chi connectivity index (χ0) is 17.5. The maximum atomic E-state index is 11.2. The van der Waals surface area contributed by atoms with E-state index in [4.69, 9.17) is 17.2 Å². The van der Waals surface area contributed by atoms with Crippen molar-refractivity contribution < 1.29 is 9.59 Å². The first-order valence-corrected chi connectivity index (χ1v) is 9.80. The van der Waals surface area contributed by atoms with Crippen molar-refractivity contribution in [3.05, 3.63) is 0 Å². The van der Waals surface area contributed by atoms with Gasteiger partial charge in [0.25, 0.3) is 0 Å². The van der Waals surface area contributed by atoms with Gasteiger partial charge in [0.05, 0.1) is 0 Å². The number of hydrogen-bond donors (Lipinski definition) is 3. The first-order valence-electron chi connectivity index (χ1n) is 9.80. The largest absolute Gasteiger partial charge is 0.369 e. The van der Waals surface area contributed by atoms with Crippen LogP contribution in [0.2, 0.25) is 0 Å². The molecule has 2 saturated carbocycles. The molecule has 6 N–H and O–H groups in total. The molecule has 5 heteroatoms. The standard InChI is InChI=1S/C19H35N3O2/c20-17(11-5-13-1-7-15(8-2-13)18(21)23)12-6-14-3-9-16(10-4-14)19(22)24/h13-17H,1-12,20H2,(H2,21,23)(H2,22,24). The fourth-order valence-corrected chi connectivity index (χ4v) is 4.52. The van der Waals surface area contributed by atoms with Gasteiger partial charge in [0.15, 0.2) is 0 Å². The van der Waals surface area contributed by atoms with Crippen molar-refractivity contribution in [2.24, 2.45) is 40.9 Å². The number of amides is 2. The van der Waals surface area contributed by atoms with Crippen LogP contribution in [0.15, 0.2) is 0 Å². The number of carbonyl (C=O) groups is 2. The van der Waals surface area contributed by atoms with Crippen molar-refractivity contribution in [2.45, 2.75) is 83.1 Å². The fraction of sp³-hybridized carbons (Fsp3) is 0.895. The minimum absolute atomic E-state index is 0.102. The SMILES string of the molecule is NC(=O)C1CCC(CCC(N)CCC2CCC(C(N)=O)CC2)CC1. The lowest BCUT2D eigenvalue weighted by molar-refractivity contribution is -0.123. The Hall–Kier alpha value is -1.10. The lowest BCUT2D eigenvalue weighted by Gasteiger charge is -2.29. The highest BCUT2D eigenvalue weighted by atomic mass is 16.1. The van der Waals surface area contributed by atoms with Gasteiger partial charge in [-0.05, 0) is 88.9 Å². The molecule has 0 aliphatic heterocycles. The molecule has 0 atom stereocenters. The first-order chi connectivity index (χ1) is 11.5. The normalized spacial score (nSPS) is 32.2. The van der Waals surface area contributed by atoms with Gasteiger partial charge >= 0.3 is 0 Å². The second-order valence-corrected chi connectivity index (χ2v) is 8.15. The van der Waals surface area contributed by atoms with E-state index >= 15 is 0 Å². The van der Waals surface area contributed by atoms with Crippen molar-refractivity contribution >= 4 is 11.8 Å².